The van der Waals surface area contributed by atoms with Crippen LogP contribution in [0.3, 0.4) is 0 Å². The van der Waals surface area contributed by atoms with Gasteiger partial charge in [-0.3, -0.25) is 14.9 Å². The predicted molar refractivity (Wildman–Crippen MR) is 107 cm³/mol. The molecule has 2 unspecified atom stereocenters. The number of pyridine rings is 1. The van der Waals surface area contributed by atoms with Gasteiger partial charge in [0.1, 0.15) is 0 Å². The van der Waals surface area contributed by atoms with E-state index in [4.69, 9.17) is 5.73 Å². The van der Waals surface area contributed by atoms with Crippen molar-refractivity contribution in [3.05, 3.63) is 60.0 Å². The number of hydrogen-bond donors (Lipinski definition) is 2. The maximum absolute atomic E-state index is 12.2. The van der Waals surface area contributed by atoms with Crippen LogP contribution in [0.2, 0.25) is 0 Å². The Morgan fingerprint density at radius 1 is 1.26 bits per heavy atom. The number of aromatic nitrogens is 3. The zero-order valence-corrected chi connectivity index (χ0v) is 16.1. The smallest absolute Gasteiger partial charge is 0.221 e. The second kappa shape index (κ2) is 8.31. The summed E-state index contributed by atoms with van der Waals surface area (Å²) in [6.07, 6.45) is 5.11. The third-order valence-corrected chi connectivity index (χ3v) is 5.36. The quantitative estimate of drug-likeness (QED) is 0.642. The Bertz CT molecular complexity index is 890. The zero-order valence-electron chi connectivity index (χ0n) is 16.1. The highest BCUT2D eigenvalue weighted by Crippen LogP contribution is 2.28. The van der Waals surface area contributed by atoms with Crippen molar-refractivity contribution in [2.24, 2.45) is 11.7 Å². The fourth-order valence-electron chi connectivity index (χ4n) is 3.58. The van der Waals surface area contributed by atoms with Crippen LogP contribution in [0.5, 0.6) is 0 Å². The van der Waals surface area contributed by atoms with E-state index in [0.29, 0.717) is 6.42 Å². The molecule has 3 rings (SSSR count). The van der Waals surface area contributed by atoms with Gasteiger partial charge in [-0.1, -0.05) is 19.1 Å². The van der Waals surface area contributed by atoms with Crippen molar-refractivity contribution in [3.63, 3.8) is 0 Å². The molecule has 2 aromatic heterocycles. The molecule has 0 bridgehead atoms. The van der Waals surface area contributed by atoms with E-state index in [0.717, 1.165) is 23.0 Å². The summed E-state index contributed by atoms with van der Waals surface area (Å²) in [5, 5.41) is 8.15. The van der Waals surface area contributed by atoms with Crippen LogP contribution in [0.4, 0.5) is 0 Å². The Labute approximate surface area is 159 Å². The molecular formula is C21H27N5O. The molecule has 0 aliphatic heterocycles. The lowest BCUT2D eigenvalue weighted by Crippen LogP contribution is -2.38. The van der Waals surface area contributed by atoms with Gasteiger partial charge >= 0.3 is 0 Å². The van der Waals surface area contributed by atoms with Gasteiger partial charge in [0.15, 0.2) is 0 Å². The van der Waals surface area contributed by atoms with Gasteiger partial charge in [0.2, 0.25) is 5.91 Å². The number of aromatic amines is 1. The molecule has 0 radical (unpaired) electrons. The van der Waals surface area contributed by atoms with Gasteiger partial charge in [0.25, 0.3) is 0 Å². The summed E-state index contributed by atoms with van der Waals surface area (Å²) >= 11 is 0. The number of carbonyl (C=O) groups is 1. The van der Waals surface area contributed by atoms with E-state index in [1.54, 1.807) is 6.20 Å². The highest BCUT2D eigenvalue weighted by molar-refractivity contribution is 5.79. The Morgan fingerprint density at radius 2 is 2.07 bits per heavy atom. The second-order valence-electron chi connectivity index (χ2n) is 7.40. The minimum atomic E-state index is -0.273. The van der Waals surface area contributed by atoms with Crippen LogP contribution in [-0.2, 0) is 11.2 Å². The number of carbonyl (C=O) groups excluding carboxylic acids is 1. The molecule has 0 spiro atoms. The second-order valence-corrected chi connectivity index (χ2v) is 7.40. The number of fused-ring (bicyclic) bond motifs is 1. The molecule has 0 saturated heterocycles. The Kier molecular flexibility index (Phi) is 5.86. The van der Waals surface area contributed by atoms with Crippen LogP contribution < -0.4 is 5.73 Å². The number of H-pyrrole nitrogens is 1. The number of nitrogens with zero attached hydrogens (tertiary/aromatic N) is 3. The lowest BCUT2D eigenvalue weighted by molar-refractivity contribution is -0.123. The Balaban J connectivity index is 1.79. The average molecular weight is 365 g/mol. The monoisotopic (exact) mass is 365 g/mol. The fourth-order valence-corrected chi connectivity index (χ4v) is 3.58. The summed E-state index contributed by atoms with van der Waals surface area (Å²) < 4.78 is 0. The molecule has 0 aliphatic carbocycles. The first-order chi connectivity index (χ1) is 13.0. The number of rotatable bonds is 8. The molecule has 6 heteroatoms. The summed E-state index contributed by atoms with van der Waals surface area (Å²) in [5.41, 5.74) is 8.93. The van der Waals surface area contributed by atoms with Gasteiger partial charge in [-0.25, -0.2) is 0 Å². The lowest BCUT2D eigenvalue weighted by Gasteiger charge is -2.30. The van der Waals surface area contributed by atoms with E-state index in [1.807, 2.05) is 51.5 Å². The summed E-state index contributed by atoms with van der Waals surface area (Å²) in [7, 11) is 4.09. The number of amides is 1. The highest BCUT2D eigenvalue weighted by Gasteiger charge is 2.29. The average Bonchev–Trinajstić information content (AvgIpc) is 3.12. The maximum Gasteiger partial charge on any atom is 0.221 e. The fraction of sp³-hybridized carbons (Fsp3) is 0.381. The first-order valence-electron chi connectivity index (χ1n) is 9.24. The van der Waals surface area contributed by atoms with Gasteiger partial charge in [-0.05, 0) is 56.8 Å². The van der Waals surface area contributed by atoms with E-state index in [1.165, 1.54) is 5.56 Å². The summed E-state index contributed by atoms with van der Waals surface area (Å²) in [5.74, 6) is -0.572. The molecule has 0 aliphatic rings. The van der Waals surface area contributed by atoms with Gasteiger partial charge in [0, 0.05) is 35.2 Å². The van der Waals surface area contributed by atoms with Crippen LogP contribution in [0.1, 0.15) is 30.5 Å². The normalized spacial score (nSPS) is 15.0. The van der Waals surface area contributed by atoms with Crippen LogP contribution in [0.15, 0.2) is 48.8 Å². The van der Waals surface area contributed by atoms with E-state index in [-0.39, 0.29) is 23.8 Å². The molecule has 0 fully saturated rings. The third-order valence-electron chi connectivity index (χ3n) is 5.36. The minimum absolute atomic E-state index is 0.0255. The van der Waals surface area contributed by atoms with Crippen LogP contribution >= 0.6 is 0 Å². The van der Waals surface area contributed by atoms with Crippen molar-refractivity contribution in [1.82, 2.24) is 20.1 Å². The van der Waals surface area contributed by atoms with Crippen LogP contribution in [0, 0.1) is 5.92 Å². The first-order valence-corrected chi connectivity index (χ1v) is 9.24. The number of benzene rings is 1. The van der Waals surface area contributed by atoms with Crippen molar-refractivity contribution in [2.45, 2.75) is 31.7 Å². The van der Waals surface area contributed by atoms with Crippen LogP contribution in [0.25, 0.3) is 10.9 Å². The first kappa shape index (κ1) is 19.0. The van der Waals surface area contributed by atoms with Crippen molar-refractivity contribution >= 4 is 16.8 Å². The summed E-state index contributed by atoms with van der Waals surface area (Å²) in [6.45, 7) is 2.03. The maximum atomic E-state index is 12.2. The van der Waals surface area contributed by atoms with E-state index >= 15 is 0 Å². The molecule has 2 heterocycles. The molecule has 1 amide bonds. The standard InChI is InChI=1S/C21H27N5O/c1-14(19-6-4-5-9-23-19)18(21(22)27)12-17(26(2)3)11-15-7-8-20-16(10-15)13-24-25-20/h4-10,13-14,17-18H,11-12H2,1-3H3,(H2,22,27)(H,24,25)/t14?,17-,18?/m1/s1. The molecule has 0 saturated carbocycles. The lowest BCUT2D eigenvalue weighted by atomic mass is 9.83. The van der Waals surface area contributed by atoms with Crippen molar-refractivity contribution < 1.29 is 4.79 Å². The van der Waals surface area contributed by atoms with Gasteiger partial charge in [-0.15, -0.1) is 0 Å². The molecule has 1 aromatic carbocycles. The molecule has 6 nitrogen and oxygen atoms in total. The Hall–Kier alpha value is -2.73. The van der Waals surface area contributed by atoms with Gasteiger partial charge in [0.05, 0.1) is 11.7 Å². The number of primary amides is 1. The zero-order chi connectivity index (χ0) is 19.4. The minimum Gasteiger partial charge on any atom is -0.369 e. The molecule has 27 heavy (non-hydrogen) atoms. The SMILES string of the molecule is CC(c1ccccn1)C(C[C@@H](Cc1ccc2[nH]ncc2c1)N(C)C)C(N)=O. The highest BCUT2D eigenvalue weighted by atomic mass is 16.1. The van der Waals surface area contributed by atoms with E-state index in [9.17, 15) is 4.79 Å². The topological polar surface area (TPSA) is 87.9 Å². The number of hydrogen-bond acceptors (Lipinski definition) is 4. The largest absolute Gasteiger partial charge is 0.369 e. The van der Waals surface area contributed by atoms with Gasteiger partial charge in [-0.2, -0.15) is 5.10 Å². The molecule has 3 aromatic rings. The van der Waals surface area contributed by atoms with Crippen molar-refractivity contribution in [2.75, 3.05) is 14.1 Å². The van der Waals surface area contributed by atoms with E-state index in [2.05, 4.69) is 32.2 Å². The predicted octanol–water partition coefficient (Wildman–Crippen LogP) is 2.73. The molecular weight excluding hydrogens is 338 g/mol. The van der Waals surface area contributed by atoms with E-state index < -0.39 is 0 Å². The molecule has 3 atom stereocenters. The number of nitrogens with one attached hydrogen (secondary N) is 1. The summed E-state index contributed by atoms with van der Waals surface area (Å²) in [6, 6.07) is 12.3. The Morgan fingerprint density at radius 3 is 2.74 bits per heavy atom. The molecule has 142 valence electrons. The number of nitrogens with two attached hydrogens (primary N) is 1. The third kappa shape index (κ3) is 4.52. The number of likely N-dealkylation sites (N-methyl/N-ethyl adjacent to an activating group) is 1. The van der Waals surface area contributed by atoms with Crippen molar-refractivity contribution in [1.29, 1.82) is 0 Å². The van der Waals surface area contributed by atoms with Gasteiger partial charge < -0.3 is 10.6 Å². The molecule has 3 N–H and O–H groups in total. The van der Waals surface area contributed by atoms with Crippen LogP contribution in [-0.4, -0.2) is 46.1 Å². The van der Waals surface area contributed by atoms with Crippen molar-refractivity contribution in [3.8, 4) is 0 Å². The summed E-state index contributed by atoms with van der Waals surface area (Å²) in [4.78, 5) is 18.8.